The van der Waals surface area contributed by atoms with Crippen LogP contribution in [-0.2, 0) is 6.42 Å². The van der Waals surface area contributed by atoms with Gasteiger partial charge in [-0.3, -0.25) is 0 Å². The number of thiophene rings is 1. The van der Waals surface area contributed by atoms with Gasteiger partial charge in [-0.2, -0.15) is 0 Å². The monoisotopic (exact) mass is 252 g/mol. The first-order chi connectivity index (χ1) is 8.79. The first-order valence-corrected chi connectivity index (χ1v) is 7.18. The van der Waals surface area contributed by atoms with E-state index in [-0.39, 0.29) is 0 Å². The maximum absolute atomic E-state index is 2.32. The Balaban J connectivity index is 2.18. The molecule has 0 spiro atoms. The maximum atomic E-state index is 2.32. The van der Waals surface area contributed by atoms with Crippen LogP contribution in [0.2, 0.25) is 0 Å². The summed E-state index contributed by atoms with van der Waals surface area (Å²) in [6, 6.07) is 17.4. The fraction of sp³-hybridized carbons (Fsp3) is 0.176. The lowest BCUT2D eigenvalue weighted by Crippen LogP contribution is -1.80. The molecule has 0 atom stereocenters. The van der Waals surface area contributed by atoms with Gasteiger partial charge < -0.3 is 0 Å². The van der Waals surface area contributed by atoms with E-state index in [2.05, 4.69) is 62.4 Å². The molecule has 0 amide bonds. The first-order valence-electron chi connectivity index (χ1n) is 6.37. The third-order valence-electron chi connectivity index (χ3n) is 3.46. The van der Waals surface area contributed by atoms with Gasteiger partial charge in [0.15, 0.2) is 0 Å². The van der Waals surface area contributed by atoms with Gasteiger partial charge in [0, 0.05) is 9.58 Å². The minimum atomic E-state index is 1.12. The van der Waals surface area contributed by atoms with Crippen LogP contribution in [0.4, 0.5) is 0 Å². The largest absolute Gasteiger partial charge is 0.140 e. The van der Waals surface area contributed by atoms with Crippen molar-refractivity contribution < 1.29 is 0 Å². The predicted molar refractivity (Wildman–Crippen MR) is 81.4 cm³/mol. The fourth-order valence-electron chi connectivity index (χ4n) is 2.52. The standard InChI is InChI=1S/C17H16S/c1-3-15-12(2)18-17-11-14(9-10-16(15)17)13-7-5-4-6-8-13/h4-11H,3H2,1-2H3. The highest BCUT2D eigenvalue weighted by atomic mass is 32.1. The van der Waals surface area contributed by atoms with E-state index in [0.29, 0.717) is 0 Å². The van der Waals surface area contributed by atoms with Crippen molar-refractivity contribution in [3.05, 3.63) is 59.0 Å². The average molecular weight is 252 g/mol. The van der Waals surface area contributed by atoms with Crippen LogP contribution in [0.1, 0.15) is 17.4 Å². The molecule has 0 fully saturated rings. The van der Waals surface area contributed by atoms with Crippen molar-refractivity contribution in [2.75, 3.05) is 0 Å². The van der Waals surface area contributed by atoms with E-state index < -0.39 is 0 Å². The Hall–Kier alpha value is -1.60. The number of hydrogen-bond acceptors (Lipinski definition) is 1. The van der Waals surface area contributed by atoms with Crippen LogP contribution in [0.3, 0.4) is 0 Å². The van der Waals surface area contributed by atoms with E-state index in [1.54, 1.807) is 0 Å². The van der Waals surface area contributed by atoms with Gasteiger partial charge in [0.1, 0.15) is 0 Å². The van der Waals surface area contributed by atoms with Crippen LogP contribution < -0.4 is 0 Å². The SMILES string of the molecule is CCc1c(C)sc2cc(-c3ccccc3)ccc12. The number of aryl methyl sites for hydroxylation is 2. The minimum Gasteiger partial charge on any atom is -0.140 e. The smallest absolute Gasteiger partial charge is 0.0354 e. The molecule has 18 heavy (non-hydrogen) atoms. The number of fused-ring (bicyclic) bond motifs is 1. The molecule has 1 heteroatoms. The highest BCUT2D eigenvalue weighted by Gasteiger charge is 2.08. The van der Waals surface area contributed by atoms with Gasteiger partial charge >= 0.3 is 0 Å². The molecule has 0 aliphatic rings. The van der Waals surface area contributed by atoms with Gasteiger partial charge in [-0.05, 0) is 41.5 Å². The topological polar surface area (TPSA) is 0 Å². The summed E-state index contributed by atoms with van der Waals surface area (Å²) in [4.78, 5) is 1.46. The highest BCUT2D eigenvalue weighted by molar-refractivity contribution is 7.19. The third kappa shape index (κ3) is 1.85. The van der Waals surface area contributed by atoms with Gasteiger partial charge in [-0.15, -0.1) is 11.3 Å². The summed E-state index contributed by atoms with van der Waals surface area (Å²) < 4.78 is 1.41. The van der Waals surface area contributed by atoms with Crippen LogP contribution in [-0.4, -0.2) is 0 Å². The zero-order chi connectivity index (χ0) is 12.5. The van der Waals surface area contributed by atoms with Gasteiger partial charge in [-0.25, -0.2) is 0 Å². The summed E-state index contributed by atoms with van der Waals surface area (Å²) in [6.07, 6.45) is 1.12. The Kier molecular flexibility index (Phi) is 2.92. The van der Waals surface area contributed by atoms with Crippen LogP contribution >= 0.6 is 11.3 Å². The summed E-state index contributed by atoms with van der Waals surface area (Å²) in [6.45, 7) is 4.46. The summed E-state index contributed by atoms with van der Waals surface area (Å²) in [7, 11) is 0. The van der Waals surface area contributed by atoms with Crippen molar-refractivity contribution in [3.8, 4) is 11.1 Å². The van der Waals surface area contributed by atoms with E-state index in [9.17, 15) is 0 Å². The zero-order valence-electron chi connectivity index (χ0n) is 10.7. The zero-order valence-corrected chi connectivity index (χ0v) is 11.6. The second-order valence-electron chi connectivity index (χ2n) is 4.57. The molecule has 0 saturated carbocycles. The molecule has 90 valence electrons. The summed E-state index contributed by atoms with van der Waals surface area (Å²) in [5.41, 5.74) is 4.12. The van der Waals surface area contributed by atoms with Gasteiger partial charge in [0.05, 0.1) is 0 Å². The normalized spacial score (nSPS) is 11.0. The fourth-order valence-corrected chi connectivity index (χ4v) is 3.72. The van der Waals surface area contributed by atoms with Crippen molar-refractivity contribution in [1.29, 1.82) is 0 Å². The lowest BCUT2D eigenvalue weighted by atomic mass is 10.0. The molecule has 1 heterocycles. The summed E-state index contributed by atoms with van der Waals surface area (Å²) in [5, 5.41) is 1.43. The van der Waals surface area contributed by atoms with E-state index in [0.717, 1.165) is 6.42 Å². The van der Waals surface area contributed by atoms with Crippen molar-refractivity contribution >= 4 is 21.4 Å². The molecule has 0 unspecified atom stereocenters. The Labute approximate surface area is 112 Å². The number of hydrogen-bond donors (Lipinski definition) is 0. The Morgan fingerprint density at radius 1 is 0.944 bits per heavy atom. The molecule has 0 aliphatic heterocycles. The molecule has 0 bridgehead atoms. The molecular weight excluding hydrogens is 236 g/mol. The van der Waals surface area contributed by atoms with E-state index in [4.69, 9.17) is 0 Å². The first kappa shape index (κ1) is 11.5. The molecule has 0 nitrogen and oxygen atoms in total. The van der Waals surface area contributed by atoms with Crippen molar-refractivity contribution in [3.63, 3.8) is 0 Å². The average Bonchev–Trinajstić information content (AvgIpc) is 2.74. The van der Waals surface area contributed by atoms with Gasteiger partial charge in [0.25, 0.3) is 0 Å². The van der Waals surface area contributed by atoms with E-state index in [1.807, 2.05) is 11.3 Å². The second-order valence-corrected chi connectivity index (χ2v) is 5.82. The molecule has 0 radical (unpaired) electrons. The number of benzene rings is 2. The van der Waals surface area contributed by atoms with Crippen molar-refractivity contribution in [2.45, 2.75) is 20.3 Å². The Bertz CT molecular complexity index is 677. The summed E-state index contributed by atoms with van der Waals surface area (Å²) >= 11 is 1.91. The van der Waals surface area contributed by atoms with Crippen molar-refractivity contribution in [2.24, 2.45) is 0 Å². The molecule has 0 N–H and O–H groups in total. The number of rotatable bonds is 2. The Morgan fingerprint density at radius 2 is 1.72 bits per heavy atom. The lowest BCUT2D eigenvalue weighted by Gasteiger charge is -2.02. The van der Waals surface area contributed by atoms with Crippen LogP contribution in [0.15, 0.2) is 48.5 Å². The molecule has 3 rings (SSSR count). The third-order valence-corrected chi connectivity index (χ3v) is 4.57. The molecule has 2 aromatic carbocycles. The second kappa shape index (κ2) is 4.58. The maximum Gasteiger partial charge on any atom is 0.0354 e. The summed E-state index contributed by atoms with van der Waals surface area (Å²) in [5.74, 6) is 0. The molecule has 1 aromatic heterocycles. The highest BCUT2D eigenvalue weighted by Crippen LogP contribution is 2.34. The Morgan fingerprint density at radius 3 is 2.44 bits per heavy atom. The molecule has 0 aliphatic carbocycles. The van der Waals surface area contributed by atoms with Crippen LogP contribution in [0, 0.1) is 6.92 Å². The molecular formula is C17H16S. The van der Waals surface area contributed by atoms with Gasteiger partial charge in [0.2, 0.25) is 0 Å². The van der Waals surface area contributed by atoms with Gasteiger partial charge in [-0.1, -0.05) is 49.4 Å². The quantitative estimate of drug-likeness (QED) is 0.569. The lowest BCUT2D eigenvalue weighted by molar-refractivity contribution is 1.15. The molecule has 3 aromatic rings. The van der Waals surface area contributed by atoms with Crippen LogP contribution in [0.5, 0.6) is 0 Å². The van der Waals surface area contributed by atoms with E-state index >= 15 is 0 Å². The molecule has 0 saturated heterocycles. The van der Waals surface area contributed by atoms with Crippen molar-refractivity contribution in [1.82, 2.24) is 0 Å². The van der Waals surface area contributed by atoms with E-state index in [1.165, 1.54) is 31.7 Å². The minimum absolute atomic E-state index is 1.12. The van der Waals surface area contributed by atoms with Crippen LogP contribution in [0.25, 0.3) is 21.2 Å². The predicted octanol–water partition coefficient (Wildman–Crippen LogP) is 5.44.